The molecule has 3 aromatic rings. The molecule has 1 aliphatic heterocycles. The average Bonchev–Trinajstić information content (AvgIpc) is 3.07. The van der Waals surface area contributed by atoms with E-state index in [1.807, 2.05) is 0 Å². The number of likely N-dealkylation sites (tertiary alicyclic amines) is 1. The van der Waals surface area contributed by atoms with Crippen molar-refractivity contribution in [1.29, 1.82) is 0 Å². The fourth-order valence-electron chi connectivity index (χ4n) is 3.93. The highest BCUT2D eigenvalue weighted by Crippen LogP contribution is 2.37. The van der Waals surface area contributed by atoms with Crippen LogP contribution in [0.15, 0.2) is 36.5 Å². The quantitative estimate of drug-likeness (QED) is 0.633. The summed E-state index contributed by atoms with van der Waals surface area (Å²) in [5, 5.41) is 4.71. The zero-order valence-corrected chi connectivity index (χ0v) is 16.2. The molecular weight excluding hydrogens is 381 g/mol. The van der Waals surface area contributed by atoms with E-state index in [0.717, 1.165) is 18.9 Å². The first kappa shape index (κ1) is 19.4. The SMILES string of the molecule is CC1CCCN(C(=O)c2cc(-c3ccccc3C(F)(F)F)nc3c2cnn3C)C1. The van der Waals surface area contributed by atoms with Gasteiger partial charge in [0.2, 0.25) is 0 Å². The number of rotatable bonds is 2. The Kier molecular flexibility index (Phi) is 4.80. The Morgan fingerprint density at radius 3 is 2.72 bits per heavy atom. The summed E-state index contributed by atoms with van der Waals surface area (Å²) in [7, 11) is 1.66. The van der Waals surface area contributed by atoms with Crippen molar-refractivity contribution in [3.63, 3.8) is 0 Å². The number of hydrogen-bond donors (Lipinski definition) is 0. The number of carbonyl (C=O) groups excluding carboxylic acids is 1. The molecule has 1 aromatic carbocycles. The largest absolute Gasteiger partial charge is 0.417 e. The number of pyridine rings is 1. The van der Waals surface area contributed by atoms with Crippen LogP contribution in [-0.2, 0) is 13.2 Å². The third kappa shape index (κ3) is 3.59. The minimum Gasteiger partial charge on any atom is -0.338 e. The first-order chi connectivity index (χ1) is 13.8. The van der Waals surface area contributed by atoms with E-state index in [-0.39, 0.29) is 17.2 Å². The van der Waals surface area contributed by atoms with Gasteiger partial charge < -0.3 is 4.90 Å². The number of carbonyl (C=O) groups is 1. The predicted molar refractivity (Wildman–Crippen MR) is 103 cm³/mol. The fourth-order valence-corrected chi connectivity index (χ4v) is 3.93. The van der Waals surface area contributed by atoms with Gasteiger partial charge in [-0.2, -0.15) is 18.3 Å². The van der Waals surface area contributed by atoms with E-state index in [1.54, 1.807) is 18.1 Å². The van der Waals surface area contributed by atoms with Gasteiger partial charge in [0.1, 0.15) is 0 Å². The Balaban J connectivity index is 1.88. The molecule has 0 spiro atoms. The Hall–Kier alpha value is -2.90. The number of hydrogen-bond acceptors (Lipinski definition) is 3. The molecule has 8 heteroatoms. The van der Waals surface area contributed by atoms with Crippen LogP contribution in [0.1, 0.15) is 35.7 Å². The third-order valence-corrected chi connectivity index (χ3v) is 5.39. The first-order valence-electron chi connectivity index (χ1n) is 9.54. The van der Waals surface area contributed by atoms with E-state index >= 15 is 0 Å². The molecular formula is C21H21F3N4O. The number of nitrogens with zero attached hydrogens (tertiary/aromatic N) is 4. The molecule has 1 unspecified atom stereocenters. The van der Waals surface area contributed by atoms with E-state index in [1.165, 1.54) is 28.9 Å². The maximum Gasteiger partial charge on any atom is 0.417 e. The number of piperidine rings is 1. The van der Waals surface area contributed by atoms with Gasteiger partial charge in [-0.25, -0.2) is 4.98 Å². The van der Waals surface area contributed by atoms with Crippen molar-refractivity contribution in [1.82, 2.24) is 19.7 Å². The van der Waals surface area contributed by atoms with Crippen LogP contribution in [0.3, 0.4) is 0 Å². The molecule has 29 heavy (non-hydrogen) atoms. The number of aromatic nitrogens is 3. The molecule has 152 valence electrons. The molecule has 0 radical (unpaired) electrons. The molecule has 1 aliphatic rings. The van der Waals surface area contributed by atoms with E-state index in [2.05, 4.69) is 17.0 Å². The number of halogens is 3. The summed E-state index contributed by atoms with van der Waals surface area (Å²) in [4.78, 5) is 19.5. The molecule has 0 saturated carbocycles. The van der Waals surface area contributed by atoms with Crippen LogP contribution in [0.2, 0.25) is 0 Å². The molecule has 0 N–H and O–H groups in total. The van der Waals surface area contributed by atoms with Gasteiger partial charge in [-0.05, 0) is 30.9 Å². The standard InChI is InChI=1S/C21H21F3N4O/c1-13-6-5-9-28(12-13)20(29)15-10-18(26-19-16(15)11-25-27(19)2)14-7-3-4-8-17(14)21(22,23)24/h3-4,7-8,10-11,13H,5-6,9,12H2,1-2H3. The number of amides is 1. The summed E-state index contributed by atoms with van der Waals surface area (Å²) in [5.74, 6) is 0.201. The van der Waals surface area contributed by atoms with Crippen molar-refractivity contribution in [3.8, 4) is 11.3 Å². The van der Waals surface area contributed by atoms with Gasteiger partial charge in [0, 0.05) is 25.7 Å². The van der Waals surface area contributed by atoms with Gasteiger partial charge in [0.15, 0.2) is 5.65 Å². The van der Waals surface area contributed by atoms with E-state index in [0.29, 0.717) is 35.6 Å². The summed E-state index contributed by atoms with van der Waals surface area (Å²) >= 11 is 0. The van der Waals surface area contributed by atoms with Crippen LogP contribution in [0, 0.1) is 5.92 Å². The lowest BCUT2D eigenvalue weighted by Gasteiger charge is -2.31. The Morgan fingerprint density at radius 2 is 2.00 bits per heavy atom. The molecule has 1 fully saturated rings. The molecule has 3 heterocycles. The lowest BCUT2D eigenvalue weighted by molar-refractivity contribution is -0.137. The van der Waals surface area contributed by atoms with Crippen molar-refractivity contribution in [2.75, 3.05) is 13.1 Å². The summed E-state index contributed by atoms with van der Waals surface area (Å²) in [6.07, 6.45) is -1.00. The highest BCUT2D eigenvalue weighted by atomic mass is 19.4. The third-order valence-electron chi connectivity index (χ3n) is 5.39. The van der Waals surface area contributed by atoms with Gasteiger partial charge in [0.25, 0.3) is 5.91 Å². The topological polar surface area (TPSA) is 51.0 Å². The summed E-state index contributed by atoms with van der Waals surface area (Å²) in [6.45, 7) is 3.37. The normalized spacial score (nSPS) is 17.7. The second-order valence-corrected chi connectivity index (χ2v) is 7.60. The molecule has 1 saturated heterocycles. The molecule has 1 atom stereocenters. The zero-order chi connectivity index (χ0) is 20.8. The van der Waals surface area contributed by atoms with Crippen molar-refractivity contribution in [2.45, 2.75) is 25.9 Å². The summed E-state index contributed by atoms with van der Waals surface area (Å²) in [5.41, 5.74) is 0.00247. The molecule has 1 amide bonds. The Morgan fingerprint density at radius 1 is 1.24 bits per heavy atom. The second kappa shape index (κ2) is 7.17. The van der Waals surface area contributed by atoms with Crippen LogP contribution >= 0.6 is 0 Å². The maximum absolute atomic E-state index is 13.5. The van der Waals surface area contributed by atoms with E-state index in [4.69, 9.17) is 0 Å². The van der Waals surface area contributed by atoms with Crippen molar-refractivity contribution in [2.24, 2.45) is 13.0 Å². The van der Waals surface area contributed by atoms with Gasteiger partial charge in [-0.15, -0.1) is 0 Å². The van der Waals surface area contributed by atoms with Crippen LogP contribution < -0.4 is 0 Å². The van der Waals surface area contributed by atoms with Crippen molar-refractivity contribution < 1.29 is 18.0 Å². The minimum absolute atomic E-state index is 0.0517. The lowest BCUT2D eigenvalue weighted by Crippen LogP contribution is -2.39. The van der Waals surface area contributed by atoms with Gasteiger partial charge >= 0.3 is 6.18 Å². The minimum atomic E-state index is -4.52. The fraction of sp³-hybridized carbons (Fsp3) is 0.381. The number of aryl methyl sites for hydroxylation is 1. The molecule has 0 bridgehead atoms. The predicted octanol–water partition coefficient (Wildman–Crippen LogP) is 4.53. The lowest BCUT2D eigenvalue weighted by atomic mass is 9.98. The monoisotopic (exact) mass is 402 g/mol. The first-order valence-corrected chi connectivity index (χ1v) is 9.54. The van der Waals surface area contributed by atoms with Crippen LogP contribution in [0.5, 0.6) is 0 Å². The summed E-state index contributed by atoms with van der Waals surface area (Å²) < 4.78 is 42.1. The van der Waals surface area contributed by atoms with Crippen LogP contribution in [-0.4, -0.2) is 38.7 Å². The Labute approximate surface area is 166 Å². The number of alkyl halides is 3. The Bertz CT molecular complexity index is 1070. The van der Waals surface area contributed by atoms with Crippen LogP contribution in [0.4, 0.5) is 13.2 Å². The second-order valence-electron chi connectivity index (χ2n) is 7.60. The smallest absolute Gasteiger partial charge is 0.338 e. The van der Waals surface area contributed by atoms with Crippen molar-refractivity contribution >= 4 is 16.9 Å². The van der Waals surface area contributed by atoms with Gasteiger partial charge in [-0.3, -0.25) is 9.48 Å². The van der Waals surface area contributed by atoms with Crippen molar-refractivity contribution in [3.05, 3.63) is 47.7 Å². The molecule has 2 aromatic heterocycles. The van der Waals surface area contributed by atoms with Gasteiger partial charge in [-0.1, -0.05) is 25.1 Å². The average molecular weight is 402 g/mol. The zero-order valence-electron chi connectivity index (χ0n) is 16.2. The number of benzene rings is 1. The molecule has 4 rings (SSSR count). The molecule has 5 nitrogen and oxygen atoms in total. The maximum atomic E-state index is 13.5. The van der Waals surface area contributed by atoms with Gasteiger partial charge in [0.05, 0.1) is 28.4 Å². The van der Waals surface area contributed by atoms with E-state index < -0.39 is 11.7 Å². The van der Waals surface area contributed by atoms with E-state index in [9.17, 15) is 18.0 Å². The molecule has 0 aliphatic carbocycles. The highest BCUT2D eigenvalue weighted by Gasteiger charge is 2.34. The van der Waals surface area contributed by atoms with Crippen LogP contribution in [0.25, 0.3) is 22.3 Å². The summed E-state index contributed by atoms with van der Waals surface area (Å²) in [6, 6.07) is 6.75. The number of fused-ring (bicyclic) bond motifs is 1. The highest BCUT2D eigenvalue weighted by molar-refractivity contribution is 6.06.